The molecule has 7 aromatic carbocycles. The zero-order valence-electron chi connectivity index (χ0n) is 27.7. The van der Waals surface area contributed by atoms with Crippen LogP contribution >= 0.6 is 0 Å². The second-order valence-electron chi connectivity index (χ2n) is 12.6. The van der Waals surface area contributed by atoms with Crippen LogP contribution in [0.25, 0.3) is 83.0 Å². The molecule has 0 bridgehead atoms. The van der Waals surface area contributed by atoms with Gasteiger partial charge in [-0.1, -0.05) is 146 Å². The van der Waals surface area contributed by atoms with Crippen LogP contribution in [-0.2, 0) is 6.42 Å². The fourth-order valence-corrected chi connectivity index (χ4v) is 7.50. The molecule has 0 unspecified atom stereocenters. The Hall–Kier alpha value is -5.79. The maximum absolute atomic E-state index is 4.78. The quantitative estimate of drug-likeness (QED) is 0.170. The molecule has 0 N–H and O–H groups in total. The third-order valence-corrected chi connectivity index (χ3v) is 9.80. The highest BCUT2D eigenvalue weighted by Crippen LogP contribution is 2.45. The largest absolute Gasteiger partial charge is 0.256 e. The van der Waals surface area contributed by atoms with E-state index < -0.39 is 0 Å². The molecular formula is C47H37N. The van der Waals surface area contributed by atoms with Crippen LogP contribution in [0, 0.1) is 6.92 Å². The number of pyridine rings is 1. The molecule has 230 valence electrons. The first-order valence-corrected chi connectivity index (χ1v) is 16.9. The molecular weight excluding hydrogens is 579 g/mol. The van der Waals surface area contributed by atoms with Crippen LogP contribution < -0.4 is 0 Å². The summed E-state index contributed by atoms with van der Waals surface area (Å²) in [5, 5.41) is 7.74. The summed E-state index contributed by atoms with van der Waals surface area (Å²) in [6.07, 6.45) is 7.22. The molecule has 0 fully saturated rings. The van der Waals surface area contributed by atoms with Gasteiger partial charge in [-0.05, 0) is 115 Å². The van der Waals surface area contributed by atoms with Crippen LogP contribution in [0.3, 0.4) is 0 Å². The van der Waals surface area contributed by atoms with Gasteiger partial charge in [-0.25, -0.2) is 0 Å². The van der Waals surface area contributed by atoms with Crippen molar-refractivity contribution < 1.29 is 0 Å². The van der Waals surface area contributed by atoms with E-state index in [0.29, 0.717) is 0 Å². The maximum Gasteiger partial charge on any atom is 0.0714 e. The van der Waals surface area contributed by atoms with E-state index in [1.807, 2.05) is 6.20 Å². The van der Waals surface area contributed by atoms with Gasteiger partial charge in [-0.3, -0.25) is 4.98 Å². The summed E-state index contributed by atoms with van der Waals surface area (Å²) in [7, 11) is 0. The minimum atomic E-state index is 0.987. The standard InChI is InChI=1S/C47H37N/c1-4-13-36-31(3)14-12-21-39(36)45-30-35(28-29-48-45)33-22-24-34(25-23-33)46-40-17-8-10-19-42(40)47(43-20-11-9-18-41(43)46)44-27-26-32(5-2)37-15-6-7-16-38(37)44/h4,6-30H,5H2,1-3H3/b13-4-. The smallest absolute Gasteiger partial charge is 0.0714 e. The SMILES string of the molecule is C/C=C\c1c(C)cccc1-c1cc(-c2ccc(-c3c4ccccc4c(-c4ccc(CC)c5ccccc45)c4ccccc34)cc2)ccn1. The summed E-state index contributed by atoms with van der Waals surface area (Å²) in [6.45, 7) is 6.46. The van der Waals surface area contributed by atoms with Gasteiger partial charge in [-0.2, -0.15) is 0 Å². The molecule has 0 atom stereocenters. The summed E-state index contributed by atoms with van der Waals surface area (Å²) in [4.78, 5) is 4.78. The number of nitrogens with zero attached hydrogens (tertiary/aromatic N) is 1. The number of rotatable bonds is 6. The van der Waals surface area contributed by atoms with E-state index in [0.717, 1.165) is 23.2 Å². The van der Waals surface area contributed by atoms with Crippen molar-refractivity contribution in [3.63, 3.8) is 0 Å². The average Bonchev–Trinajstić information content (AvgIpc) is 3.14. The van der Waals surface area contributed by atoms with Crippen molar-refractivity contribution in [2.45, 2.75) is 27.2 Å². The second kappa shape index (κ2) is 12.4. The highest BCUT2D eigenvalue weighted by Gasteiger charge is 2.18. The predicted molar refractivity (Wildman–Crippen MR) is 207 cm³/mol. The first-order chi connectivity index (χ1) is 23.7. The van der Waals surface area contributed by atoms with Crippen molar-refractivity contribution in [2.24, 2.45) is 0 Å². The van der Waals surface area contributed by atoms with Gasteiger partial charge in [-0.15, -0.1) is 0 Å². The maximum atomic E-state index is 4.78. The van der Waals surface area contributed by atoms with E-state index in [-0.39, 0.29) is 0 Å². The van der Waals surface area contributed by atoms with Gasteiger partial charge in [0.2, 0.25) is 0 Å². The summed E-state index contributed by atoms with van der Waals surface area (Å²) in [6, 6.07) is 51.2. The number of aryl methyl sites for hydroxylation is 2. The molecule has 8 rings (SSSR count). The number of fused-ring (bicyclic) bond motifs is 3. The van der Waals surface area contributed by atoms with Crippen LogP contribution in [0.1, 0.15) is 30.5 Å². The van der Waals surface area contributed by atoms with Crippen LogP contribution in [-0.4, -0.2) is 4.98 Å². The lowest BCUT2D eigenvalue weighted by atomic mass is 9.84. The normalized spacial score (nSPS) is 11.6. The zero-order valence-corrected chi connectivity index (χ0v) is 27.7. The number of allylic oxidation sites excluding steroid dienone is 1. The highest BCUT2D eigenvalue weighted by molar-refractivity contribution is 6.23. The molecule has 0 spiro atoms. The molecule has 1 nitrogen and oxygen atoms in total. The molecule has 0 saturated heterocycles. The Morgan fingerprint density at radius 1 is 0.521 bits per heavy atom. The van der Waals surface area contributed by atoms with Gasteiger partial charge in [0.15, 0.2) is 0 Å². The van der Waals surface area contributed by atoms with Crippen molar-refractivity contribution >= 4 is 38.4 Å². The van der Waals surface area contributed by atoms with E-state index in [9.17, 15) is 0 Å². The van der Waals surface area contributed by atoms with Crippen LogP contribution in [0.2, 0.25) is 0 Å². The Kier molecular flexibility index (Phi) is 7.67. The summed E-state index contributed by atoms with van der Waals surface area (Å²) in [5.74, 6) is 0. The molecule has 48 heavy (non-hydrogen) atoms. The molecule has 0 saturated carbocycles. The first-order valence-electron chi connectivity index (χ1n) is 16.9. The Balaban J connectivity index is 1.28. The van der Waals surface area contributed by atoms with Crippen LogP contribution in [0.15, 0.2) is 152 Å². The molecule has 0 aliphatic carbocycles. The Morgan fingerprint density at radius 2 is 1.12 bits per heavy atom. The number of hydrogen-bond donors (Lipinski definition) is 0. The van der Waals surface area contributed by atoms with Gasteiger partial charge in [0, 0.05) is 11.8 Å². The average molecular weight is 616 g/mol. The Morgan fingerprint density at radius 3 is 1.77 bits per heavy atom. The van der Waals surface area contributed by atoms with Gasteiger partial charge in [0.25, 0.3) is 0 Å². The summed E-state index contributed by atoms with van der Waals surface area (Å²) < 4.78 is 0. The minimum Gasteiger partial charge on any atom is -0.256 e. The molecule has 1 heterocycles. The minimum absolute atomic E-state index is 0.987. The molecule has 1 aromatic heterocycles. The summed E-state index contributed by atoms with van der Waals surface area (Å²) in [5.41, 5.74) is 13.4. The molecule has 0 aliphatic heterocycles. The monoisotopic (exact) mass is 615 g/mol. The van der Waals surface area contributed by atoms with Crippen molar-refractivity contribution in [3.05, 3.63) is 168 Å². The van der Waals surface area contributed by atoms with Crippen LogP contribution in [0.5, 0.6) is 0 Å². The fraction of sp³-hybridized carbons (Fsp3) is 0.0851. The molecule has 0 radical (unpaired) electrons. The van der Waals surface area contributed by atoms with E-state index in [1.165, 1.54) is 76.8 Å². The third-order valence-electron chi connectivity index (χ3n) is 9.80. The zero-order chi connectivity index (χ0) is 32.6. The van der Waals surface area contributed by atoms with E-state index in [1.54, 1.807) is 0 Å². The van der Waals surface area contributed by atoms with Gasteiger partial charge in [0.05, 0.1) is 5.69 Å². The molecule has 0 amide bonds. The van der Waals surface area contributed by atoms with Crippen molar-refractivity contribution in [1.29, 1.82) is 0 Å². The third kappa shape index (κ3) is 5.00. The Bertz CT molecular complexity index is 2440. The lowest BCUT2D eigenvalue weighted by molar-refractivity contribution is 1.16. The van der Waals surface area contributed by atoms with Crippen molar-refractivity contribution in [2.75, 3.05) is 0 Å². The van der Waals surface area contributed by atoms with Crippen LogP contribution in [0.4, 0.5) is 0 Å². The van der Waals surface area contributed by atoms with Crippen molar-refractivity contribution in [1.82, 2.24) is 4.98 Å². The molecule has 0 aliphatic rings. The molecule has 1 heteroatoms. The fourth-order valence-electron chi connectivity index (χ4n) is 7.50. The first kappa shape index (κ1) is 29.6. The van der Waals surface area contributed by atoms with E-state index >= 15 is 0 Å². The van der Waals surface area contributed by atoms with Gasteiger partial charge >= 0.3 is 0 Å². The predicted octanol–water partition coefficient (Wildman–Crippen LogP) is 13.1. The van der Waals surface area contributed by atoms with Gasteiger partial charge < -0.3 is 0 Å². The lowest BCUT2D eigenvalue weighted by Crippen LogP contribution is -1.93. The number of aromatic nitrogens is 1. The number of benzene rings is 7. The van der Waals surface area contributed by atoms with E-state index in [4.69, 9.17) is 4.98 Å². The van der Waals surface area contributed by atoms with Crippen molar-refractivity contribution in [3.8, 4) is 44.6 Å². The highest BCUT2D eigenvalue weighted by atomic mass is 14.7. The Labute approximate surface area is 282 Å². The molecule has 8 aromatic rings. The summed E-state index contributed by atoms with van der Waals surface area (Å²) >= 11 is 0. The van der Waals surface area contributed by atoms with E-state index in [2.05, 4.69) is 172 Å². The second-order valence-corrected chi connectivity index (χ2v) is 12.6. The lowest BCUT2D eigenvalue weighted by Gasteiger charge is -2.19. The van der Waals surface area contributed by atoms with Gasteiger partial charge in [0.1, 0.15) is 0 Å². The number of hydrogen-bond acceptors (Lipinski definition) is 1. The topological polar surface area (TPSA) is 12.9 Å².